The van der Waals surface area contributed by atoms with E-state index in [2.05, 4.69) is 22.2 Å². The van der Waals surface area contributed by atoms with Gasteiger partial charge >= 0.3 is 5.97 Å². The van der Waals surface area contributed by atoms with E-state index in [0.29, 0.717) is 5.69 Å². The summed E-state index contributed by atoms with van der Waals surface area (Å²) in [7, 11) is 2.06. The van der Waals surface area contributed by atoms with Crippen LogP contribution in [0.25, 0.3) is 0 Å². The molecule has 9 heteroatoms. The van der Waals surface area contributed by atoms with Gasteiger partial charge in [0.05, 0.1) is 28.5 Å². The van der Waals surface area contributed by atoms with Crippen LogP contribution in [0.2, 0.25) is 0 Å². The van der Waals surface area contributed by atoms with Crippen molar-refractivity contribution in [3.05, 3.63) is 63.7 Å². The number of ether oxygens (including phenoxy) is 1. The van der Waals surface area contributed by atoms with Crippen LogP contribution in [0.1, 0.15) is 27.6 Å². The lowest BCUT2D eigenvalue weighted by Gasteiger charge is -2.35. The highest BCUT2D eigenvalue weighted by Crippen LogP contribution is 2.27. The van der Waals surface area contributed by atoms with Crippen molar-refractivity contribution in [3.63, 3.8) is 0 Å². The number of likely N-dealkylation sites (N-methyl/N-ethyl adjacent to an activating group) is 1. The van der Waals surface area contributed by atoms with Gasteiger partial charge in [-0.1, -0.05) is 12.1 Å². The van der Waals surface area contributed by atoms with Crippen LogP contribution in [0.15, 0.2) is 42.5 Å². The average Bonchev–Trinajstić information content (AvgIpc) is 2.74. The number of nitrogens with zero attached hydrogens (tertiary/aromatic N) is 3. The second-order valence-corrected chi connectivity index (χ2v) is 7.01. The Morgan fingerprint density at radius 2 is 1.77 bits per heavy atom. The number of amides is 1. The van der Waals surface area contributed by atoms with Gasteiger partial charge in [-0.15, -0.1) is 0 Å². The molecule has 1 heterocycles. The summed E-state index contributed by atoms with van der Waals surface area (Å²) < 4.78 is 4.92. The van der Waals surface area contributed by atoms with Crippen molar-refractivity contribution < 1.29 is 19.2 Å². The molecule has 0 radical (unpaired) electrons. The van der Waals surface area contributed by atoms with Gasteiger partial charge in [-0.25, -0.2) is 4.79 Å². The zero-order valence-electron chi connectivity index (χ0n) is 17.0. The summed E-state index contributed by atoms with van der Waals surface area (Å²) in [5, 5.41) is 14.1. The molecule has 2 aromatic rings. The molecule has 1 aliphatic rings. The van der Waals surface area contributed by atoms with E-state index in [1.165, 1.54) is 6.07 Å². The van der Waals surface area contributed by atoms with Crippen LogP contribution in [-0.4, -0.2) is 61.5 Å². The first-order valence-electron chi connectivity index (χ1n) is 9.69. The Balaban J connectivity index is 1.87. The SMILES string of the molecule is CCOC(=O)c1cc(C(=O)Nc2ccccc2N2CCN(C)CC2)cc([N+](=O)[O-])c1. The summed E-state index contributed by atoms with van der Waals surface area (Å²) in [6, 6.07) is 11.0. The minimum atomic E-state index is -0.715. The number of hydrogen-bond acceptors (Lipinski definition) is 7. The molecule has 158 valence electrons. The van der Waals surface area contributed by atoms with Crippen LogP contribution < -0.4 is 10.2 Å². The van der Waals surface area contributed by atoms with Crippen LogP contribution in [0.5, 0.6) is 0 Å². The van der Waals surface area contributed by atoms with Gasteiger partial charge in [-0.05, 0) is 32.2 Å². The molecule has 1 fully saturated rings. The molecule has 1 aliphatic heterocycles. The smallest absolute Gasteiger partial charge is 0.338 e. The molecular weight excluding hydrogens is 388 g/mol. The third-order valence-corrected chi connectivity index (χ3v) is 4.90. The van der Waals surface area contributed by atoms with Crippen LogP contribution in [-0.2, 0) is 4.74 Å². The maximum Gasteiger partial charge on any atom is 0.338 e. The quantitative estimate of drug-likeness (QED) is 0.442. The third kappa shape index (κ3) is 4.93. The van der Waals surface area contributed by atoms with E-state index < -0.39 is 16.8 Å². The van der Waals surface area contributed by atoms with E-state index in [0.717, 1.165) is 44.0 Å². The van der Waals surface area contributed by atoms with Gasteiger partial charge in [-0.2, -0.15) is 0 Å². The summed E-state index contributed by atoms with van der Waals surface area (Å²) in [4.78, 5) is 40.0. The summed E-state index contributed by atoms with van der Waals surface area (Å²) >= 11 is 0. The van der Waals surface area contributed by atoms with Gasteiger partial charge in [-0.3, -0.25) is 14.9 Å². The molecule has 9 nitrogen and oxygen atoms in total. The Bertz CT molecular complexity index is 954. The maximum atomic E-state index is 12.9. The van der Waals surface area contributed by atoms with Gasteiger partial charge < -0.3 is 19.9 Å². The number of nitro benzene ring substituents is 1. The molecule has 30 heavy (non-hydrogen) atoms. The fourth-order valence-electron chi connectivity index (χ4n) is 3.28. The van der Waals surface area contributed by atoms with Crippen LogP contribution >= 0.6 is 0 Å². The number of non-ortho nitro benzene ring substituents is 1. The molecule has 0 saturated carbocycles. The topological polar surface area (TPSA) is 105 Å². The zero-order valence-corrected chi connectivity index (χ0v) is 17.0. The Hall–Kier alpha value is -3.46. The fraction of sp³-hybridized carbons (Fsp3) is 0.333. The zero-order chi connectivity index (χ0) is 21.7. The minimum absolute atomic E-state index is 0.0143. The summed E-state index contributed by atoms with van der Waals surface area (Å²) in [5.74, 6) is -1.25. The lowest BCUT2D eigenvalue weighted by atomic mass is 10.1. The molecule has 0 atom stereocenters. The fourth-order valence-corrected chi connectivity index (χ4v) is 3.28. The number of hydrogen-bond donors (Lipinski definition) is 1. The van der Waals surface area contributed by atoms with Crippen molar-refractivity contribution >= 4 is 28.9 Å². The van der Waals surface area contributed by atoms with Crippen LogP contribution in [0.4, 0.5) is 17.1 Å². The molecule has 0 aromatic heterocycles. The van der Waals surface area contributed by atoms with E-state index in [1.54, 1.807) is 13.0 Å². The predicted molar refractivity (Wildman–Crippen MR) is 113 cm³/mol. The average molecular weight is 412 g/mol. The second-order valence-electron chi connectivity index (χ2n) is 7.01. The highest BCUT2D eigenvalue weighted by Gasteiger charge is 2.21. The van der Waals surface area contributed by atoms with Gasteiger partial charge in [0.2, 0.25) is 0 Å². The number of carbonyl (C=O) groups is 2. The van der Waals surface area contributed by atoms with Crippen molar-refractivity contribution in [2.24, 2.45) is 0 Å². The first kappa shape index (κ1) is 21.3. The van der Waals surface area contributed by atoms with Crippen LogP contribution in [0.3, 0.4) is 0 Å². The number of esters is 1. The highest BCUT2D eigenvalue weighted by atomic mass is 16.6. The molecule has 1 saturated heterocycles. The van der Waals surface area contributed by atoms with Crippen molar-refractivity contribution in [1.29, 1.82) is 0 Å². The third-order valence-electron chi connectivity index (χ3n) is 4.90. The normalized spacial score (nSPS) is 14.3. The van der Waals surface area contributed by atoms with E-state index in [1.807, 2.05) is 18.2 Å². The van der Waals surface area contributed by atoms with Crippen molar-refractivity contribution in [3.8, 4) is 0 Å². The van der Waals surface area contributed by atoms with Gasteiger partial charge in [0, 0.05) is 43.9 Å². The van der Waals surface area contributed by atoms with E-state index in [-0.39, 0.29) is 23.4 Å². The number of para-hydroxylation sites is 2. The summed E-state index contributed by atoms with van der Waals surface area (Å²) in [5.41, 5.74) is 1.12. The van der Waals surface area contributed by atoms with Gasteiger partial charge in [0.1, 0.15) is 0 Å². The Labute approximate surface area is 174 Å². The molecule has 0 unspecified atom stereocenters. The minimum Gasteiger partial charge on any atom is -0.462 e. The van der Waals surface area contributed by atoms with E-state index in [4.69, 9.17) is 4.74 Å². The lowest BCUT2D eigenvalue weighted by Crippen LogP contribution is -2.44. The number of piperazine rings is 1. The molecule has 0 bridgehead atoms. The Morgan fingerprint density at radius 3 is 2.43 bits per heavy atom. The van der Waals surface area contributed by atoms with E-state index >= 15 is 0 Å². The number of rotatable bonds is 6. The number of carbonyl (C=O) groups excluding carboxylic acids is 2. The van der Waals surface area contributed by atoms with Crippen LogP contribution in [0, 0.1) is 10.1 Å². The molecule has 3 rings (SSSR count). The standard InChI is InChI=1S/C21H24N4O5/c1-3-30-21(27)16-12-15(13-17(14-16)25(28)29)20(26)22-18-6-4-5-7-19(18)24-10-8-23(2)9-11-24/h4-7,12-14H,3,8-11H2,1-2H3,(H,22,26). The first-order valence-corrected chi connectivity index (χ1v) is 9.69. The number of nitrogens with one attached hydrogen (secondary N) is 1. The number of anilines is 2. The largest absolute Gasteiger partial charge is 0.462 e. The molecule has 0 aliphatic carbocycles. The predicted octanol–water partition coefficient (Wildman–Crippen LogP) is 2.78. The Morgan fingerprint density at radius 1 is 1.10 bits per heavy atom. The highest BCUT2D eigenvalue weighted by molar-refractivity contribution is 6.07. The van der Waals surface area contributed by atoms with Gasteiger partial charge in [0.25, 0.3) is 11.6 Å². The first-order chi connectivity index (χ1) is 14.4. The molecular formula is C21H24N4O5. The van der Waals surface area contributed by atoms with Crippen molar-refractivity contribution in [1.82, 2.24) is 4.90 Å². The molecule has 1 amide bonds. The second kappa shape index (κ2) is 9.36. The number of benzene rings is 2. The van der Waals surface area contributed by atoms with Crippen molar-refractivity contribution in [2.45, 2.75) is 6.92 Å². The Kier molecular flexibility index (Phi) is 6.63. The monoisotopic (exact) mass is 412 g/mol. The number of nitro groups is 1. The maximum absolute atomic E-state index is 12.9. The molecule has 1 N–H and O–H groups in total. The summed E-state index contributed by atoms with van der Waals surface area (Å²) in [6.07, 6.45) is 0. The molecule has 0 spiro atoms. The van der Waals surface area contributed by atoms with Crippen molar-refractivity contribution in [2.75, 3.05) is 50.1 Å². The molecule has 2 aromatic carbocycles. The lowest BCUT2D eigenvalue weighted by molar-refractivity contribution is -0.384. The van der Waals surface area contributed by atoms with Gasteiger partial charge in [0.15, 0.2) is 0 Å². The van der Waals surface area contributed by atoms with E-state index in [9.17, 15) is 19.7 Å². The summed E-state index contributed by atoms with van der Waals surface area (Å²) in [6.45, 7) is 5.24.